The number of rotatable bonds is 6. The van der Waals surface area contributed by atoms with Crippen LogP contribution in [0.3, 0.4) is 0 Å². The lowest BCUT2D eigenvalue weighted by atomic mass is 10.1. The van der Waals surface area contributed by atoms with E-state index in [1.807, 2.05) is 13.8 Å². The van der Waals surface area contributed by atoms with E-state index in [0.29, 0.717) is 0 Å². The highest BCUT2D eigenvalue weighted by Crippen LogP contribution is 2.07. The summed E-state index contributed by atoms with van der Waals surface area (Å²) in [5.74, 6) is 0. The molecule has 0 rings (SSSR count). The highest BCUT2D eigenvalue weighted by Gasteiger charge is 2.03. The van der Waals surface area contributed by atoms with E-state index in [4.69, 9.17) is 10.2 Å². The molecule has 2 heteroatoms. The van der Waals surface area contributed by atoms with Gasteiger partial charge in [0.1, 0.15) is 0 Å². The van der Waals surface area contributed by atoms with Crippen LogP contribution in [0.15, 0.2) is 0 Å². The van der Waals surface area contributed by atoms with Crippen LogP contribution in [0, 0.1) is 0 Å². The van der Waals surface area contributed by atoms with Gasteiger partial charge in [0.15, 0.2) is 0 Å². The van der Waals surface area contributed by atoms with E-state index in [9.17, 15) is 0 Å². The fourth-order valence-corrected chi connectivity index (χ4v) is 0.997. The lowest BCUT2D eigenvalue weighted by Crippen LogP contribution is -2.08. The molecule has 0 heterocycles. The molecule has 0 saturated carbocycles. The monoisotopic (exact) mass is 160 g/mol. The van der Waals surface area contributed by atoms with E-state index in [1.54, 1.807) is 0 Å². The van der Waals surface area contributed by atoms with Gasteiger partial charge in [-0.1, -0.05) is 13.8 Å². The van der Waals surface area contributed by atoms with Gasteiger partial charge in [-0.25, -0.2) is 0 Å². The van der Waals surface area contributed by atoms with E-state index in [-0.39, 0.29) is 12.2 Å². The molecule has 1 unspecified atom stereocenters. The topological polar surface area (TPSA) is 40.5 Å². The molecule has 2 atom stereocenters. The van der Waals surface area contributed by atoms with Gasteiger partial charge in [0.2, 0.25) is 0 Å². The van der Waals surface area contributed by atoms with Gasteiger partial charge in [-0.2, -0.15) is 0 Å². The van der Waals surface area contributed by atoms with Gasteiger partial charge in [-0.05, 0) is 32.1 Å². The number of aliphatic hydroxyl groups is 2. The Morgan fingerprint density at radius 2 is 1.27 bits per heavy atom. The Morgan fingerprint density at radius 1 is 0.909 bits per heavy atom. The van der Waals surface area contributed by atoms with Crippen molar-refractivity contribution in [2.24, 2.45) is 0 Å². The Labute approximate surface area is 69.2 Å². The van der Waals surface area contributed by atoms with Gasteiger partial charge >= 0.3 is 0 Å². The molecule has 0 radical (unpaired) electrons. The minimum atomic E-state index is -0.168. The maximum Gasteiger partial charge on any atom is 0.0537 e. The first-order valence-electron chi connectivity index (χ1n) is 4.56. The first kappa shape index (κ1) is 10.9. The van der Waals surface area contributed by atoms with Crippen LogP contribution < -0.4 is 0 Å². The molecule has 2 N–H and O–H groups in total. The summed E-state index contributed by atoms with van der Waals surface area (Å²) in [5.41, 5.74) is 0. The summed E-state index contributed by atoms with van der Waals surface area (Å²) in [6.45, 7) is 3.95. The summed E-state index contributed by atoms with van der Waals surface area (Å²) in [7, 11) is 0. The van der Waals surface area contributed by atoms with Gasteiger partial charge in [0.05, 0.1) is 12.2 Å². The molecule has 0 spiro atoms. The molecule has 0 saturated heterocycles. The van der Waals surface area contributed by atoms with Gasteiger partial charge in [-0.15, -0.1) is 0 Å². The summed E-state index contributed by atoms with van der Waals surface area (Å²) < 4.78 is 0. The molecular weight excluding hydrogens is 140 g/mol. The zero-order valence-electron chi connectivity index (χ0n) is 7.58. The summed E-state index contributed by atoms with van der Waals surface area (Å²) >= 11 is 0. The van der Waals surface area contributed by atoms with Crippen LogP contribution in [-0.4, -0.2) is 22.4 Å². The van der Waals surface area contributed by atoms with Crippen LogP contribution in [0.5, 0.6) is 0 Å². The smallest absolute Gasteiger partial charge is 0.0537 e. The van der Waals surface area contributed by atoms with Crippen molar-refractivity contribution < 1.29 is 10.2 Å². The molecule has 0 aliphatic heterocycles. The largest absolute Gasteiger partial charge is 0.393 e. The SMILES string of the molecule is CCC(O)CCC[C@@H](O)CC. The van der Waals surface area contributed by atoms with Gasteiger partial charge in [0, 0.05) is 0 Å². The molecule has 0 aliphatic rings. The summed E-state index contributed by atoms with van der Waals surface area (Å²) in [5, 5.41) is 18.3. The second kappa shape index (κ2) is 6.62. The zero-order chi connectivity index (χ0) is 8.69. The van der Waals surface area contributed by atoms with Crippen LogP contribution in [0.4, 0.5) is 0 Å². The van der Waals surface area contributed by atoms with Crippen molar-refractivity contribution in [2.45, 2.75) is 58.2 Å². The Morgan fingerprint density at radius 3 is 1.55 bits per heavy atom. The first-order valence-corrected chi connectivity index (χ1v) is 4.56. The maximum atomic E-state index is 9.16. The molecule has 0 bridgehead atoms. The third kappa shape index (κ3) is 6.32. The third-order valence-electron chi connectivity index (χ3n) is 2.02. The van der Waals surface area contributed by atoms with Crippen molar-refractivity contribution in [2.75, 3.05) is 0 Å². The lowest BCUT2D eigenvalue weighted by molar-refractivity contribution is 0.130. The quantitative estimate of drug-likeness (QED) is 0.621. The van der Waals surface area contributed by atoms with Crippen LogP contribution in [0.25, 0.3) is 0 Å². The summed E-state index contributed by atoms with van der Waals surface area (Å²) in [4.78, 5) is 0. The fraction of sp³-hybridized carbons (Fsp3) is 1.00. The van der Waals surface area contributed by atoms with E-state index < -0.39 is 0 Å². The Balaban J connectivity index is 3.13. The average molecular weight is 160 g/mol. The lowest BCUT2D eigenvalue weighted by Gasteiger charge is -2.09. The molecule has 0 fully saturated rings. The van der Waals surface area contributed by atoms with E-state index in [0.717, 1.165) is 32.1 Å². The minimum Gasteiger partial charge on any atom is -0.393 e. The fourth-order valence-electron chi connectivity index (χ4n) is 0.997. The average Bonchev–Trinajstić information content (AvgIpc) is 2.04. The first-order chi connectivity index (χ1) is 5.20. The van der Waals surface area contributed by atoms with Crippen molar-refractivity contribution in [3.8, 4) is 0 Å². The van der Waals surface area contributed by atoms with Gasteiger partial charge in [-0.3, -0.25) is 0 Å². The molecule has 0 aliphatic carbocycles. The Kier molecular flexibility index (Phi) is 6.57. The normalized spacial score (nSPS) is 16.4. The predicted octanol–water partition coefficient (Wildman–Crippen LogP) is 1.70. The third-order valence-corrected chi connectivity index (χ3v) is 2.02. The second-order valence-electron chi connectivity index (χ2n) is 3.06. The predicted molar refractivity (Wildman–Crippen MR) is 46.4 cm³/mol. The Bertz CT molecular complexity index is 73.6. The van der Waals surface area contributed by atoms with Gasteiger partial charge < -0.3 is 10.2 Å². The molecule has 68 valence electrons. The highest BCUT2D eigenvalue weighted by atomic mass is 16.3. The molecular formula is C9H20O2. The van der Waals surface area contributed by atoms with E-state index in [2.05, 4.69) is 0 Å². The van der Waals surface area contributed by atoms with Crippen molar-refractivity contribution in [1.82, 2.24) is 0 Å². The number of hydrogen-bond acceptors (Lipinski definition) is 2. The summed E-state index contributed by atoms with van der Waals surface area (Å²) in [6.07, 6.45) is 3.90. The number of aliphatic hydroxyl groups excluding tert-OH is 2. The highest BCUT2D eigenvalue weighted by molar-refractivity contribution is 4.57. The van der Waals surface area contributed by atoms with E-state index >= 15 is 0 Å². The molecule has 11 heavy (non-hydrogen) atoms. The second-order valence-corrected chi connectivity index (χ2v) is 3.06. The standard InChI is InChI=1S/C9H20O2/c1-3-8(10)6-5-7-9(11)4-2/h8-11H,3-7H2,1-2H3/t8-,9?/m0/s1. The molecule has 2 nitrogen and oxygen atoms in total. The van der Waals surface area contributed by atoms with E-state index in [1.165, 1.54) is 0 Å². The molecule has 0 aromatic rings. The molecule has 0 amide bonds. The maximum absolute atomic E-state index is 9.16. The molecule has 0 aromatic heterocycles. The van der Waals surface area contributed by atoms with Crippen LogP contribution >= 0.6 is 0 Å². The van der Waals surface area contributed by atoms with Gasteiger partial charge in [0.25, 0.3) is 0 Å². The van der Waals surface area contributed by atoms with Crippen molar-refractivity contribution in [1.29, 1.82) is 0 Å². The minimum absolute atomic E-state index is 0.168. The summed E-state index contributed by atoms with van der Waals surface area (Å²) in [6, 6.07) is 0. The van der Waals surface area contributed by atoms with Crippen LogP contribution in [0.1, 0.15) is 46.0 Å². The van der Waals surface area contributed by atoms with Crippen molar-refractivity contribution >= 4 is 0 Å². The Hall–Kier alpha value is -0.0800. The van der Waals surface area contributed by atoms with Crippen molar-refractivity contribution in [3.05, 3.63) is 0 Å². The van der Waals surface area contributed by atoms with Crippen LogP contribution in [-0.2, 0) is 0 Å². The zero-order valence-corrected chi connectivity index (χ0v) is 7.58. The van der Waals surface area contributed by atoms with Crippen LogP contribution in [0.2, 0.25) is 0 Å². The molecule has 0 aromatic carbocycles. The number of hydrogen-bond donors (Lipinski definition) is 2. The van der Waals surface area contributed by atoms with Crippen molar-refractivity contribution in [3.63, 3.8) is 0 Å².